The molecule has 0 bridgehead atoms. The van der Waals surface area contributed by atoms with E-state index in [2.05, 4.69) is 24.2 Å². The van der Waals surface area contributed by atoms with Crippen LogP contribution in [0.25, 0.3) is 0 Å². The van der Waals surface area contributed by atoms with Gasteiger partial charge in [-0.15, -0.1) is 0 Å². The van der Waals surface area contributed by atoms with Gasteiger partial charge >= 0.3 is 0 Å². The van der Waals surface area contributed by atoms with Crippen LogP contribution in [0.3, 0.4) is 0 Å². The second-order valence-corrected chi connectivity index (χ2v) is 5.66. The molecule has 3 atom stereocenters. The van der Waals surface area contributed by atoms with Gasteiger partial charge in [0.25, 0.3) is 0 Å². The molecule has 114 valence electrons. The van der Waals surface area contributed by atoms with Crippen LogP contribution in [-0.4, -0.2) is 74.8 Å². The third-order valence-corrected chi connectivity index (χ3v) is 3.61. The molecule has 19 heavy (non-hydrogen) atoms. The van der Waals surface area contributed by atoms with E-state index in [0.717, 1.165) is 12.6 Å². The summed E-state index contributed by atoms with van der Waals surface area (Å²) in [6.07, 6.45) is 2.22. The molecule has 0 aromatic carbocycles. The summed E-state index contributed by atoms with van der Waals surface area (Å²) < 4.78 is 10.4. The van der Waals surface area contributed by atoms with Crippen molar-refractivity contribution >= 4 is 0 Å². The van der Waals surface area contributed by atoms with E-state index < -0.39 is 6.10 Å². The molecule has 0 aliphatic heterocycles. The minimum Gasteiger partial charge on any atom is -0.389 e. The van der Waals surface area contributed by atoms with E-state index >= 15 is 0 Å². The van der Waals surface area contributed by atoms with E-state index in [1.807, 2.05) is 6.92 Å². The van der Waals surface area contributed by atoms with Gasteiger partial charge in [0.1, 0.15) is 0 Å². The lowest BCUT2D eigenvalue weighted by Crippen LogP contribution is -2.42. The quantitative estimate of drug-likeness (QED) is 0.574. The minimum absolute atomic E-state index is 0.0274. The zero-order valence-electron chi connectivity index (χ0n) is 12.8. The third kappa shape index (κ3) is 7.22. The molecule has 0 radical (unpaired) electrons. The molecule has 0 heterocycles. The van der Waals surface area contributed by atoms with Gasteiger partial charge in [0, 0.05) is 32.3 Å². The van der Waals surface area contributed by atoms with Crippen LogP contribution in [0.5, 0.6) is 0 Å². The summed E-state index contributed by atoms with van der Waals surface area (Å²) in [5.41, 5.74) is 0. The SMILES string of the molecule is COCC(C)OCC(O)CNCC(C)N(C)C1CC1. The Hall–Kier alpha value is -0.200. The summed E-state index contributed by atoms with van der Waals surface area (Å²) in [5.74, 6) is 0. The molecule has 2 N–H and O–H groups in total. The smallest absolute Gasteiger partial charge is 0.0897 e. The Morgan fingerprint density at radius 3 is 2.53 bits per heavy atom. The van der Waals surface area contributed by atoms with Gasteiger partial charge in [0.05, 0.1) is 25.4 Å². The number of likely N-dealkylation sites (N-methyl/N-ethyl adjacent to an activating group) is 1. The maximum Gasteiger partial charge on any atom is 0.0897 e. The summed E-state index contributed by atoms with van der Waals surface area (Å²) in [4.78, 5) is 2.41. The van der Waals surface area contributed by atoms with E-state index in [1.54, 1.807) is 7.11 Å². The first-order valence-corrected chi connectivity index (χ1v) is 7.25. The van der Waals surface area contributed by atoms with Crippen LogP contribution in [0.15, 0.2) is 0 Å². The first kappa shape index (κ1) is 16.9. The lowest BCUT2D eigenvalue weighted by atomic mass is 10.2. The highest BCUT2D eigenvalue weighted by Gasteiger charge is 2.28. The van der Waals surface area contributed by atoms with Crippen LogP contribution in [0.2, 0.25) is 0 Å². The fourth-order valence-electron chi connectivity index (χ4n) is 2.06. The molecule has 1 rings (SSSR count). The maximum absolute atomic E-state index is 9.80. The molecule has 5 nitrogen and oxygen atoms in total. The van der Waals surface area contributed by atoms with Crippen molar-refractivity contribution in [1.29, 1.82) is 0 Å². The molecule has 5 heteroatoms. The highest BCUT2D eigenvalue weighted by molar-refractivity contribution is 4.85. The summed E-state index contributed by atoms with van der Waals surface area (Å²) in [5, 5.41) is 13.1. The van der Waals surface area contributed by atoms with Crippen molar-refractivity contribution in [1.82, 2.24) is 10.2 Å². The maximum atomic E-state index is 9.80. The van der Waals surface area contributed by atoms with Crippen molar-refractivity contribution < 1.29 is 14.6 Å². The van der Waals surface area contributed by atoms with Gasteiger partial charge in [0.15, 0.2) is 0 Å². The Balaban J connectivity index is 2.01. The lowest BCUT2D eigenvalue weighted by Gasteiger charge is -2.25. The third-order valence-electron chi connectivity index (χ3n) is 3.61. The highest BCUT2D eigenvalue weighted by atomic mass is 16.5. The van der Waals surface area contributed by atoms with Gasteiger partial charge in [-0.05, 0) is 33.7 Å². The van der Waals surface area contributed by atoms with Crippen molar-refractivity contribution in [3.63, 3.8) is 0 Å². The van der Waals surface area contributed by atoms with Crippen LogP contribution in [0.4, 0.5) is 0 Å². The van der Waals surface area contributed by atoms with Gasteiger partial charge in [-0.1, -0.05) is 0 Å². The Morgan fingerprint density at radius 1 is 1.26 bits per heavy atom. The Kier molecular flexibility index (Phi) is 7.87. The fourth-order valence-corrected chi connectivity index (χ4v) is 2.06. The van der Waals surface area contributed by atoms with Crippen LogP contribution < -0.4 is 5.32 Å². The van der Waals surface area contributed by atoms with Gasteiger partial charge in [-0.25, -0.2) is 0 Å². The molecule has 0 saturated heterocycles. The molecule has 1 saturated carbocycles. The normalized spacial score (nSPS) is 20.5. The molecule has 1 fully saturated rings. The number of aliphatic hydroxyl groups is 1. The number of hydrogen-bond acceptors (Lipinski definition) is 5. The van der Waals surface area contributed by atoms with Gasteiger partial charge in [-0.3, -0.25) is 4.90 Å². The number of aliphatic hydroxyl groups excluding tert-OH is 1. The Morgan fingerprint density at radius 2 is 1.95 bits per heavy atom. The van der Waals surface area contributed by atoms with Crippen LogP contribution in [0, 0.1) is 0 Å². The number of ether oxygens (including phenoxy) is 2. The predicted octanol–water partition coefficient (Wildman–Crippen LogP) is 0.471. The molecular weight excluding hydrogens is 244 g/mol. The molecule has 3 unspecified atom stereocenters. The van der Waals surface area contributed by atoms with Crippen molar-refractivity contribution in [2.24, 2.45) is 0 Å². The van der Waals surface area contributed by atoms with Crippen LogP contribution in [-0.2, 0) is 9.47 Å². The standard InChI is InChI=1S/C14H30N2O3/c1-11(16(3)13-5-6-13)7-15-8-14(17)10-19-12(2)9-18-4/h11-15,17H,5-10H2,1-4H3. The van der Waals surface area contributed by atoms with E-state index in [1.165, 1.54) is 12.8 Å². The second kappa shape index (κ2) is 8.87. The van der Waals surface area contributed by atoms with E-state index in [-0.39, 0.29) is 6.10 Å². The monoisotopic (exact) mass is 274 g/mol. The molecule has 1 aliphatic carbocycles. The molecular formula is C14H30N2O3. The summed E-state index contributed by atoms with van der Waals surface area (Å²) in [6, 6.07) is 1.29. The Labute approximate surface area is 117 Å². The van der Waals surface area contributed by atoms with Gasteiger partial charge in [0.2, 0.25) is 0 Å². The average molecular weight is 274 g/mol. The second-order valence-electron chi connectivity index (χ2n) is 5.66. The minimum atomic E-state index is -0.460. The van der Waals surface area contributed by atoms with E-state index in [0.29, 0.717) is 25.8 Å². The fraction of sp³-hybridized carbons (Fsp3) is 1.00. The molecule has 0 amide bonds. The number of rotatable bonds is 11. The lowest BCUT2D eigenvalue weighted by molar-refractivity contribution is -0.0312. The number of nitrogens with one attached hydrogen (secondary N) is 1. The highest BCUT2D eigenvalue weighted by Crippen LogP contribution is 2.26. The topological polar surface area (TPSA) is 54.0 Å². The molecule has 0 aromatic rings. The molecule has 0 aromatic heterocycles. The molecule has 1 aliphatic rings. The number of nitrogens with zero attached hydrogens (tertiary/aromatic N) is 1. The number of methoxy groups -OCH3 is 1. The first-order valence-electron chi connectivity index (χ1n) is 7.25. The number of hydrogen-bond donors (Lipinski definition) is 2. The largest absolute Gasteiger partial charge is 0.389 e. The summed E-state index contributed by atoms with van der Waals surface area (Å²) >= 11 is 0. The Bertz CT molecular complexity index is 237. The average Bonchev–Trinajstić information content (AvgIpc) is 3.20. The van der Waals surface area contributed by atoms with E-state index in [9.17, 15) is 5.11 Å². The first-order chi connectivity index (χ1) is 9.04. The van der Waals surface area contributed by atoms with Crippen LogP contribution in [0.1, 0.15) is 26.7 Å². The van der Waals surface area contributed by atoms with Crippen molar-refractivity contribution in [2.75, 3.05) is 40.5 Å². The summed E-state index contributed by atoms with van der Waals surface area (Å²) in [7, 11) is 3.82. The van der Waals surface area contributed by atoms with Crippen molar-refractivity contribution in [2.45, 2.75) is 51.0 Å². The zero-order chi connectivity index (χ0) is 14.3. The summed E-state index contributed by atoms with van der Waals surface area (Å²) in [6.45, 7) is 6.54. The van der Waals surface area contributed by atoms with Gasteiger partial charge in [-0.2, -0.15) is 0 Å². The van der Waals surface area contributed by atoms with Crippen molar-refractivity contribution in [3.05, 3.63) is 0 Å². The van der Waals surface area contributed by atoms with Crippen LogP contribution >= 0.6 is 0 Å². The van der Waals surface area contributed by atoms with Crippen molar-refractivity contribution in [3.8, 4) is 0 Å². The molecule has 0 spiro atoms. The van der Waals surface area contributed by atoms with Gasteiger partial charge < -0.3 is 19.9 Å². The predicted molar refractivity (Wildman–Crippen MR) is 76.4 cm³/mol. The van der Waals surface area contributed by atoms with E-state index in [4.69, 9.17) is 9.47 Å². The zero-order valence-corrected chi connectivity index (χ0v) is 12.8.